The summed E-state index contributed by atoms with van der Waals surface area (Å²) in [4.78, 5) is 11.2. The highest BCUT2D eigenvalue weighted by atomic mass is 16.7. The molecule has 0 aromatic heterocycles. The third-order valence-corrected chi connectivity index (χ3v) is 4.37. The maximum atomic E-state index is 11.2. The SMILES string of the molecule is CC(C)c1cccc(C(C)C)c1OC1OC(C(=O)O)C(O)C(O)C1O. The van der Waals surface area contributed by atoms with Crippen molar-refractivity contribution in [1.82, 2.24) is 0 Å². The second-order valence-electron chi connectivity index (χ2n) is 6.93. The predicted octanol–water partition coefficient (Wildman–Crippen LogP) is 1.20. The van der Waals surface area contributed by atoms with Gasteiger partial charge in [0.25, 0.3) is 0 Å². The van der Waals surface area contributed by atoms with Gasteiger partial charge in [0, 0.05) is 0 Å². The van der Waals surface area contributed by atoms with Crippen LogP contribution in [0.15, 0.2) is 18.2 Å². The van der Waals surface area contributed by atoms with E-state index in [9.17, 15) is 20.1 Å². The van der Waals surface area contributed by atoms with E-state index in [1.54, 1.807) is 0 Å². The van der Waals surface area contributed by atoms with Crippen LogP contribution in [0.25, 0.3) is 0 Å². The van der Waals surface area contributed by atoms with Crippen LogP contribution in [0, 0.1) is 0 Å². The number of hydrogen-bond donors (Lipinski definition) is 4. The Labute approximate surface area is 146 Å². The van der Waals surface area contributed by atoms with Gasteiger partial charge < -0.3 is 29.9 Å². The summed E-state index contributed by atoms with van der Waals surface area (Å²) in [7, 11) is 0. The van der Waals surface area contributed by atoms with Gasteiger partial charge in [0.15, 0.2) is 6.10 Å². The number of carboxylic acids is 1. The molecule has 5 atom stereocenters. The fraction of sp³-hybridized carbons (Fsp3) is 0.611. The number of carbonyl (C=O) groups is 1. The summed E-state index contributed by atoms with van der Waals surface area (Å²) in [6.45, 7) is 7.96. The number of aliphatic hydroxyl groups excluding tert-OH is 3. The van der Waals surface area contributed by atoms with Crippen LogP contribution in [0.5, 0.6) is 5.75 Å². The molecule has 0 aliphatic carbocycles. The van der Waals surface area contributed by atoms with Crippen LogP contribution in [-0.2, 0) is 9.53 Å². The van der Waals surface area contributed by atoms with Crippen LogP contribution >= 0.6 is 0 Å². The van der Waals surface area contributed by atoms with Crippen molar-refractivity contribution in [3.05, 3.63) is 29.3 Å². The molecule has 0 radical (unpaired) electrons. The third-order valence-electron chi connectivity index (χ3n) is 4.37. The van der Waals surface area contributed by atoms with Gasteiger partial charge in [-0.3, -0.25) is 0 Å². The van der Waals surface area contributed by atoms with Gasteiger partial charge in [-0.15, -0.1) is 0 Å². The number of aliphatic hydroxyl groups is 3. The van der Waals surface area contributed by atoms with E-state index >= 15 is 0 Å². The molecule has 1 aromatic carbocycles. The topological polar surface area (TPSA) is 116 Å². The largest absolute Gasteiger partial charge is 0.479 e. The summed E-state index contributed by atoms with van der Waals surface area (Å²) in [6.07, 6.45) is -8.09. The van der Waals surface area contributed by atoms with Crippen molar-refractivity contribution in [3.63, 3.8) is 0 Å². The Balaban J connectivity index is 2.39. The Morgan fingerprint density at radius 2 is 1.52 bits per heavy atom. The van der Waals surface area contributed by atoms with E-state index < -0.39 is 36.7 Å². The number of hydrogen-bond acceptors (Lipinski definition) is 6. The highest BCUT2D eigenvalue weighted by Crippen LogP contribution is 2.36. The number of para-hydroxylation sites is 1. The van der Waals surface area contributed by atoms with E-state index in [2.05, 4.69) is 0 Å². The maximum Gasteiger partial charge on any atom is 0.335 e. The minimum absolute atomic E-state index is 0.125. The van der Waals surface area contributed by atoms with Crippen molar-refractivity contribution in [2.45, 2.75) is 70.2 Å². The zero-order valence-corrected chi connectivity index (χ0v) is 14.8. The lowest BCUT2D eigenvalue weighted by molar-refractivity contribution is -0.271. The Morgan fingerprint density at radius 1 is 1.00 bits per heavy atom. The van der Waals surface area contributed by atoms with Gasteiger partial charge in [-0.25, -0.2) is 4.79 Å². The standard InChI is InChI=1S/C18H26O7/c1-8(2)10-6-5-7-11(9(3)4)15(10)24-18-14(21)12(19)13(20)16(25-18)17(22)23/h5-9,12-14,16,18-21H,1-4H3,(H,22,23). The molecule has 0 amide bonds. The highest BCUT2D eigenvalue weighted by molar-refractivity contribution is 5.73. The van der Waals surface area contributed by atoms with E-state index in [1.807, 2.05) is 45.9 Å². The van der Waals surface area contributed by atoms with Crippen LogP contribution in [-0.4, -0.2) is 57.1 Å². The monoisotopic (exact) mass is 354 g/mol. The molecule has 1 aromatic rings. The third kappa shape index (κ3) is 3.95. The zero-order valence-electron chi connectivity index (χ0n) is 14.8. The van der Waals surface area contributed by atoms with Gasteiger partial charge in [-0.05, 0) is 23.0 Å². The van der Waals surface area contributed by atoms with Crippen molar-refractivity contribution < 1.29 is 34.7 Å². The molecule has 0 bridgehead atoms. The minimum atomic E-state index is -1.74. The van der Waals surface area contributed by atoms with Gasteiger partial charge in [-0.1, -0.05) is 45.9 Å². The van der Waals surface area contributed by atoms with Crippen molar-refractivity contribution in [1.29, 1.82) is 0 Å². The molecule has 0 saturated carbocycles. The van der Waals surface area contributed by atoms with E-state index in [0.29, 0.717) is 5.75 Å². The first-order chi connectivity index (χ1) is 11.6. The molecule has 5 unspecified atom stereocenters. The highest BCUT2D eigenvalue weighted by Gasteiger charge is 2.48. The molecule has 0 spiro atoms. The molecule has 7 heteroatoms. The molecule has 25 heavy (non-hydrogen) atoms. The van der Waals surface area contributed by atoms with E-state index in [-0.39, 0.29) is 11.8 Å². The molecule has 4 N–H and O–H groups in total. The molecular formula is C18H26O7. The summed E-state index contributed by atoms with van der Waals surface area (Å²) in [5.74, 6) is -0.682. The summed E-state index contributed by atoms with van der Waals surface area (Å²) in [5, 5.41) is 39.0. The summed E-state index contributed by atoms with van der Waals surface area (Å²) < 4.78 is 11.1. The predicted molar refractivity (Wildman–Crippen MR) is 89.6 cm³/mol. The van der Waals surface area contributed by atoms with Crippen molar-refractivity contribution in [3.8, 4) is 5.75 Å². The smallest absolute Gasteiger partial charge is 0.335 e. The number of rotatable bonds is 5. The molecule has 1 fully saturated rings. The van der Waals surface area contributed by atoms with Gasteiger partial charge in [0.05, 0.1) is 0 Å². The lowest BCUT2D eigenvalue weighted by atomic mass is 9.93. The quantitative estimate of drug-likeness (QED) is 0.628. The number of ether oxygens (including phenoxy) is 2. The van der Waals surface area contributed by atoms with Crippen molar-refractivity contribution in [2.24, 2.45) is 0 Å². The van der Waals surface area contributed by atoms with Gasteiger partial charge in [0.1, 0.15) is 24.1 Å². The second-order valence-corrected chi connectivity index (χ2v) is 6.93. The van der Waals surface area contributed by atoms with E-state index in [1.165, 1.54) is 0 Å². The van der Waals surface area contributed by atoms with Gasteiger partial charge in [-0.2, -0.15) is 0 Å². The number of aliphatic carboxylic acids is 1. The Kier molecular flexibility index (Phi) is 6.05. The van der Waals surface area contributed by atoms with Crippen LogP contribution in [0.3, 0.4) is 0 Å². The molecular weight excluding hydrogens is 328 g/mol. The fourth-order valence-electron chi connectivity index (χ4n) is 2.88. The van der Waals surface area contributed by atoms with Gasteiger partial charge in [0.2, 0.25) is 6.29 Å². The Bertz CT molecular complexity index is 587. The van der Waals surface area contributed by atoms with E-state index in [4.69, 9.17) is 14.6 Å². The van der Waals surface area contributed by atoms with Crippen LogP contribution in [0.1, 0.15) is 50.7 Å². The maximum absolute atomic E-state index is 11.2. The summed E-state index contributed by atoms with van der Waals surface area (Å²) in [5.41, 5.74) is 1.77. The van der Waals surface area contributed by atoms with Crippen LogP contribution in [0.4, 0.5) is 0 Å². The first-order valence-electron chi connectivity index (χ1n) is 8.37. The lowest BCUT2D eigenvalue weighted by Crippen LogP contribution is -2.61. The van der Waals surface area contributed by atoms with Crippen LogP contribution in [0.2, 0.25) is 0 Å². The normalized spacial score (nSPS) is 29.9. The summed E-state index contributed by atoms with van der Waals surface area (Å²) >= 11 is 0. The Hall–Kier alpha value is -1.67. The van der Waals surface area contributed by atoms with E-state index in [0.717, 1.165) is 11.1 Å². The number of benzene rings is 1. The fourth-order valence-corrected chi connectivity index (χ4v) is 2.88. The molecule has 1 aliphatic heterocycles. The molecule has 2 rings (SSSR count). The zero-order chi connectivity index (χ0) is 18.9. The van der Waals surface area contributed by atoms with Crippen molar-refractivity contribution >= 4 is 5.97 Å². The molecule has 140 valence electrons. The minimum Gasteiger partial charge on any atom is -0.479 e. The average molecular weight is 354 g/mol. The second kappa shape index (κ2) is 7.70. The average Bonchev–Trinajstić information content (AvgIpc) is 2.54. The lowest BCUT2D eigenvalue weighted by Gasteiger charge is -2.39. The first kappa shape index (κ1) is 19.7. The molecule has 1 heterocycles. The molecule has 7 nitrogen and oxygen atoms in total. The molecule has 1 saturated heterocycles. The Morgan fingerprint density at radius 3 is 1.96 bits per heavy atom. The van der Waals surface area contributed by atoms with Gasteiger partial charge >= 0.3 is 5.97 Å². The van der Waals surface area contributed by atoms with Crippen LogP contribution < -0.4 is 4.74 Å². The molecule has 1 aliphatic rings. The first-order valence-corrected chi connectivity index (χ1v) is 8.37. The van der Waals surface area contributed by atoms with Crippen molar-refractivity contribution in [2.75, 3.05) is 0 Å². The number of carboxylic acid groups (broad SMARTS) is 1. The summed E-state index contributed by atoms with van der Waals surface area (Å²) in [6, 6.07) is 5.69.